The molecule has 2 heterocycles. The number of carboxylic acids is 2. The topological polar surface area (TPSA) is 204 Å². The van der Waals surface area contributed by atoms with Gasteiger partial charge in [0.1, 0.15) is 33.7 Å². The summed E-state index contributed by atoms with van der Waals surface area (Å²) in [5, 5.41) is 25.1. The Bertz CT molecular complexity index is 2570. The van der Waals surface area contributed by atoms with E-state index >= 15 is 0 Å². The number of carboxylic acid groups (broad SMARTS) is 2. The van der Waals surface area contributed by atoms with Crippen molar-refractivity contribution in [2.45, 2.75) is 77.4 Å². The molecule has 3 aromatic carbocycles. The van der Waals surface area contributed by atoms with Crippen molar-refractivity contribution in [1.82, 2.24) is 10.2 Å². The van der Waals surface area contributed by atoms with E-state index in [-0.39, 0.29) is 37.8 Å². The molecule has 328 valence electrons. The van der Waals surface area contributed by atoms with Gasteiger partial charge in [0.25, 0.3) is 7.52 Å². The molecule has 0 aliphatic carbocycles. The van der Waals surface area contributed by atoms with Crippen LogP contribution in [0.5, 0.6) is 5.75 Å². The first-order valence-corrected chi connectivity index (χ1v) is 23.9. The first kappa shape index (κ1) is 47.7. The van der Waals surface area contributed by atoms with Crippen molar-refractivity contribution >= 4 is 93.4 Å². The number of halogens is 4. The van der Waals surface area contributed by atoms with Crippen molar-refractivity contribution in [3.8, 4) is 5.75 Å². The van der Waals surface area contributed by atoms with Crippen LogP contribution in [0.4, 0.5) is 13.2 Å². The summed E-state index contributed by atoms with van der Waals surface area (Å²) < 4.78 is 92.0. The minimum Gasteiger partial charge on any atom is -0.477 e. The van der Waals surface area contributed by atoms with Gasteiger partial charge < -0.3 is 28.7 Å². The van der Waals surface area contributed by atoms with Gasteiger partial charge in [-0.05, 0) is 111 Å². The lowest BCUT2D eigenvalue weighted by atomic mass is 10.1. The number of hydrogen-bond donors (Lipinski definition) is 4. The normalized spacial score (nSPS) is 15.4. The van der Waals surface area contributed by atoms with E-state index < -0.39 is 82.2 Å². The van der Waals surface area contributed by atoms with Crippen LogP contribution in [0.15, 0.2) is 66.7 Å². The molecule has 0 amide bonds. The van der Waals surface area contributed by atoms with Crippen LogP contribution in [-0.2, 0) is 45.0 Å². The number of alkyl halides is 3. The number of carbonyl (C=O) groups excluding carboxylic acids is 2. The number of rotatable bonds is 19. The van der Waals surface area contributed by atoms with Crippen LogP contribution in [-0.4, -0.2) is 65.1 Å². The maximum Gasteiger partial charge on any atom is 0.412 e. The third-order valence-electron chi connectivity index (χ3n) is 8.59. The van der Waals surface area contributed by atoms with Crippen molar-refractivity contribution in [3.63, 3.8) is 0 Å². The van der Waals surface area contributed by atoms with E-state index in [1.165, 1.54) is 69.3 Å². The summed E-state index contributed by atoms with van der Waals surface area (Å²) in [5.74, 6) is -4.18. The van der Waals surface area contributed by atoms with E-state index in [0.29, 0.717) is 25.7 Å². The predicted molar refractivity (Wildman–Crippen MR) is 225 cm³/mol. The Balaban J connectivity index is 1.39. The van der Waals surface area contributed by atoms with Crippen molar-refractivity contribution in [3.05, 3.63) is 98.2 Å². The zero-order valence-corrected chi connectivity index (χ0v) is 37.2. The number of hydrogen-bond acceptors (Lipinski definition) is 12. The summed E-state index contributed by atoms with van der Waals surface area (Å²) in [6, 6.07) is 13.7. The number of carbonyl (C=O) groups is 4. The number of aromatic carboxylic acids is 2. The van der Waals surface area contributed by atoms with Crippen molar-refractivity contribution in [2.75, 3.05) is 6.61 Å². The van der Waals surface area contributed by atoms with Crippen LogP contribution in [0.1, 0.15) is 76.8 Å². The van der Waals surface area contributed by atoms with Crippen LogP contribution < -0.4 is 14.7 Å². The maximum absolute atomic E-state index is 14.8. The molecule has 0 saturated carbocycles. The predicted octanol–water partition coefficient (Wildman–Crippen LogP) is 10.4. The molecule has 5 atom stereocenters. The van der Waals surface area contributed by atoms with E-state index in [4.69, 9.17) is 30.1 Å². The summed E-state index contributed by atoms with van der Waals surface area (Å²) in [7, 11) is -8.70. The molecule has 0 aliphatic heterocycles. The van der Waals surface area contributed by atoms with Crippen LogP contribution in [0.2, 0.25) is 5.02 Å². The lowest BCUT2D eigenvalue weighted by Crippen LogP contribution is -2.36. The quantitative estimate of drug-likeness (QED) is 0.0449. The molecular weight excluding hydrogens is 907 g/mol. The molecule has 2 aromatic heterocycles. The monoisotopic (exact) mass is 946 g/mol. The molecule has 3 unspecified atom stereocenters. The number of esters is 2. The Morgan fingerprint density at radius 3 is 1.70 bits per heavy atom. The number of fused-ring (bicyclic) bond motifs is 2. The van der Waals surface area contributed by atoms with E-state index in [1.807, 2.05) is 0 Å². The summed E-state index contributed by atoms with van der Waals surface area (Å²) >= 11 is 8.37. The Morgan fingerprint density at radius 2 is 1.21 bits per heavy atom. The molecule has 0 fully saturated rings. The average Bonchev–Trinajstić information content (AvgIpc) is 3.79. The third-order valence-corrected chi connectivity index (χ3v) is 15.2. The highest BCUT2D eigenvalue weighted by Gasteiger charge is 2.37. The second kappa shape index (κ2) is 19.4. The van der Waals surface area contributed by atoms with Gasteiger partial charge in [-0.2, -0.15) is 13.2 Å². The fraction of sp³-hybridized carbons (Fsp3) is 0.333. The lowest BCUT2D eigenvalue weighted by Gasteiger charge is -2.27. The van der Waals surface area contributed by atoms with Crippen LogP contribution >= 0.6 is 49.3 Å². The molecule has 0 saturated heterocycles. The molecule has 0 spiro atoms. The van der Waals surface area contributed by atoms with Gasteiger partial charge in [0.2, 0.25) is 0 Å². The molecule has 5 rings (SSSR count). The minimum atomic E-state index is -4.88. The van der Waals surface area contributed by atoms with Crippen molar-refractivity contribution in [1.29, 1.82) is 0 Å². The number of thiophene rings is 2. The number of ether oxygens (including phenoxy) is 2. The molecule has 4 N–H and O–H groups in total. The van der Waals surface area contributed by atoms with E-state index in [0.717, 1.165) is 22.7 Å². The first-order valence-electron chi connectivity index (χ1n) is 18.3. The van der Waals surface area contributed by atoms with Gasteiger partial charge in [0.05, 0.1) is 18.4 Å². The van der Waals surface area contributed by atoms with Gasteiger partial charge in [-0.15, -0.1) is 22.7 Å². The van der Waals surface area contributed by atoms with E-state index in [2.05, 4.69) is 10.2 Å². The Morgan fingerprint density at radius 1 is 0.721 bits per heavy atom. The second-order valence-corrected chi connectivity index (χ2v) is 21.1. The standard InChI is InChI=1S/C39H40ClF3N2O12P2S2/c1-20(2)55-37(50)21(3)45-59(53,18-25-7-11-32-27(13-25)15-34(61-32)36(48)49)57-30-9-8-28(40)16-29(30)23(5)56-38(51)22(4)44-58(52,54-19-39(41,42)43)17-24-6-10-31-26(12-24)14-33(60-31)35(46)47/h6-16,20-23H,17-19H2,1-5H3,(H,44,52)(H,45,53)(H,46,47)(H,48,49)/t21-,22-,23?,58?,59?/m0/s1. The first-order chi connectivity index (χ1) is 28.4. The highest BCUT2D eigenvalue weighted by Crippen LogP contribution is 2.51. The van der Waals surface area contributed by atoms with Gasteiger partial charge in [0, 0.05) is 20.0 Å². The average molecular weight is 947 g/mol. The van der Waals surface area contributed by atoms with Crippen LogP contribution in [0.25, 0.3) is 20.2 Å². The fourth-order valence-corrected chi connectivity index (χ4v) is 11.9. The second-order valence-electron chi connectivity index (χ2n) is 14.2. The molecule has 61 heavy (non-hydrogen) atoms. The number of benzene rings is 3. The van der Waals surface area contributed by atoms with Gasteiger partial charge >= 0.3 is 37.6 Å². The van der Waals surface area contributed by atoms with E-state index in [1.54, 1.807) is 32.0 Å². The highest BCUT2D eigenvalue weighted by atomic mass is 35.5. The summed E-state index contributed by atoms with van der Waals surface area (Å²) in [6.07, 6.45) is -7.54. The van der Waals surface area contributed by atoms with E-state index in [9.17, 15) is 51.7 Å². The zero-order chi connectivity index (χ0) is 45.0. The largest absolute Gasteiger partial charge is 0.477 e. The lowest BCUT2D eigenvalue weighted by molar-refractivity contribution is -0.154. The molecule has 22 heteroatoms. The highest BCUT2D eigenvalue weighted by molar-refractivity contribution is 7.56. The zero-order valence-electron chi connectivity index (χ0n) is 33.0. The van der Waals surface area contributed by atoms with Gasteiger partial charge in [0.15, 0.2) is 6.61 Å². The molecule has 0 aliphatic rings. The van der Waals surface area contributed by atoms with Crippen molar-refractivity contribution < 1.29 is 70.2 Å². The van der Waals surface area contributed by atoms with Gasteiger partial charge in [-0.3, -0.25) is 18.7 Å². The van der Waals surface area contributed by atoms with Crippen LogP contribution in [0, 0.1) is 0 Å². The van der Waals surface area contributed by atoms with Crippen LogP contribution in [0.3, 0.4) is 0 Å². The molecule has 14 nitrogen and oxygen atoms in total. The van der Waals surface area contributed by atoms with Crippen molar-refractivity contribution in [2.24, 2.45) is 0 Å². The van der Waals surface area contributed by atoms with Gasteiger partial charge in [-0.25, -0.2) is 19.8 Å². The Hall–Kier alpha value is -4.32. The molecule has 0 bridgehead atoms. The molecule has 0 radical (unpaired) electrons. The Kier molecular flexibility index (Phi) is 15.2. The minimum absolute atomic E-state index is 0.0223. The summed E-state index contributed by atoms with van der Waals surface area (Å²) in [5.41, 5.74) is 0.781. The summed E-state index contributed by atoms with van der Waals surface area (Å²) in [4.78, 5) is 49.5. The third kappa shape index (κ3) is 13.1. The summed E-state index contributed by atoms with van der Waals surface area (Å²) in [6.45, 7) is 5.41. The number of nitrogens with one attached hydrogen (secondary N) is 2. The smallest absolute Gasteiger partial charge is 0.412 e. The Labute approximate surface area is 360 Å². The van der Waals surface area contributed by atoms with Gasteiger partial charge in [-0.1, -0.05) is 23.7 Å². The molecule has 5 aromatic rings. The SMILES string of the molecule is CC(C)OC(=O)[C@H](C)NP(=O)(Cc1ccc2sc(C(=O)O)cc2c1)Oc1ccc(Cl)cc1C(C)OC(=O)[C@H](C)NP(=O)(Cc1ccc2sc(C(=O)O)cc2c1)OCC(F)(F)F. The maximum atomic E-state index is 14.8. The molecular formula is C39H40ClF3N2O12P2S2. The fourth-order valence-electron chi connectivity index (χ4n) is 5.93.